The van der Waals surface area contributed by atoms with Crippen molar-refractivity contribution in [3.63, 3.8) is 0 Å². The second-order valence-electron chi connectivity index (χ2n) is 6.30. The molecule has 0 aliphatic carbocycles. The van der Waals surface area contributed by atoms with Gasteiger partial charge in [-0.2, -0.15) is 0 Å². The van der Waals surface area contributed by atoms with E-state index in [4.69, 9.17) is 16.3 Å². The van der Waals surface area contributed by atoms with Crippen molar-refractivity contribution < 1.29 is 9.53 Å². The molecule has 1 aromatic heterocycles. The van der Waals surface area contributed by atoms with Gasteiger partial charge in [-0.15, -0.1) is 11.8 Å². The molecule has 6 heteroatoms. The molecule has 1 atom stereocenters. The van der Waals surface area contributed by atoms with Crippen LogP contribution in [0.3, 0.4) is 0 Å². The summed E-state index contributed by atoms with van der Waals surface area (Å²) in [5.41, 5.74) is 0.656. The molecule has 4 nitrogen and oxygen atoms in total. The normalized spacial score (nSPS) is 21.5. The van der Waals surface area contributed by atoms with Gasteiger partial charge in [-0.05, 0) is 30.3 Å². The van der Waals surface area contributed by atoms with Gasteiger partial charge in [0.2, 0.25) is 0 Å². The fourth-order valence-corrected chi connectivity index (χ4v) is 5.02. The largest absolute Gasteiger partial charge is 0.488 e. The van der Waals surface area contributed by atoms with Crippen LogP contribution in [0.4, 0.5) is 0 Å². The van der Waals surface area contributed by atoms with Crippen LogP contribution in [0, 0.1) is 0 Å². The first-order chi connectivity index (χ1) is 11.6. The number of aromatic nitrogens is 1. The number of amides is 1. The van der Waals surface area contributed by atoms with Crippen LogP contribution in [0.15, 0.2) is 48.8 Å². The van der Waals surface area contributed by atoms with Gasteiger partial charge in [0.05, 0.1) is 10.9 Å². The lowest BCUT2D eigenvalue weighted by atomic mass is 9.92. The van der Waals surface area contributed by atoms with E-state index in [0.717, 1.165) is 31.0 Å². The number of likely N-dealkylation sites (tertiary alicyclic amines) is 1. The van der Waals surface area contributed by atoms with E-state index in [0.29, 0.717) is 10.6 Å². The Balaban J connectivity index is 1.34. The summed E-state index contributed by atoms with van der Waals surface area (Å²) in [7, 11) is 0. The van der Waals surface area contributed by atoms with E-state index < -0.39 is 0 Å². The number of benzene rings is 1. The maximum atomic E-state index is 12.5. The monoisotopic (exact) mass is 360 g/mol. The smallest absolute Gasteiger partial charge is 0.254 e. The van der Waals surface area contributed by atoms with E-state index in [9.17, 15) is 4.79 Å². The number of rotatable bonds is 3. The van der Waals surface area contributed by atoms with Crippen LogP contribution in [0.25, 0.3) is 0 Å². The van der Waals surface area contributed by atoms with Crippen molar-refractivity contribution in [1.29, 1.82) is 0 Å². The molecule has 124 valence electrons. The van der Waals surface area contributed by atoms with Crippen LogP contribution >= 0.6 is 23.4 Å². The molecule has 0 saturated carbocycles. The third kappa shape index (κ3) is 3.10. The summed E-state index contributed by atoms with van der Waals surface area (Å²) < 4.78 is 6.14. The first kappa shape index (κ1) is 15.8. The Morgan fingerprint density at radius 3 is 2.96 bits per heavy atom. The Morgan fingerprint density at radius 2 is 2.21 bits per heavy atom. The molecular weight excluding hydrogens is 344 g/mol. The summed E-state index contributed by atoms with van der Waals surface area (Å²) in [6.45, 7) is 1.55. The molecule has 2 aromatic rings. The minimum Gasteiger partial charge on any atom is -0.488 e. The standard InChI is InChI=1S/C18H17ClN2O2S/c19-14-4-1-3-13(7-14)17(22)21-11-18(12-21)8-16(10-24-18)23-15-5-2-6-20-9-15/h1-7,9,16H,8,10-12H2/t16-/m1/s1. The van der Waals surface area contributed by atoms with Crippen molar-refractivity contribution in [2.45, 2.75) is 17.3 Å². The molecule has 2 aliphatic heterocycles. The van der Waals surface area contributed by atoms with Crippen molar-refractivity contribution in [1.82, 2.24) is 9.88 Å². The van der Waals surface area contributed by atoms with Crippen molar-refractivity contribution in [3.05, 3.63) is 59.4 Å². The minimum absolute atomic E-state index is 0.0559. The summed E-state index contributed by atoms with van der Waals surface area (Å²) in [5.74, 6) is 1.82. The third-order valence-electron chi connectivity index (χ3n) is 4.43. The molecule has 4 rings (SSSR count). The van der Waals surface area contributed by atoms with E-state index >= 15 is 0 Å². The lowest BCUT2D eigenvalue weighted by Crippen LogP contribution is -2.60. The van der Waals surface area contributed by atoms with E-state index in [2.05, 4.69) is 4.98 Å². The number of carbonyl (C=O) groups excluding carboxylic acids is 1. The van der Waals surface area contributed by atoms with Gasteiger partial charge in [-0.25, -0.2) is 0 Å². The first-order valence-electron chi connectivity index (χ1n) is 7.89. The molecule has 2 aliphatic rings. The van der Waals surface area contributed by atoms with Gasteiger partial charge in [-0.3, -0.25) is 9.78 Å². The number of ether oxygens (including phenoxy) is 1. The fraction of sp³-hybridized carbons (Fsp3) is 0.333. The summed E-state index contributed by atoms with van der Waals surface area (Å²) in [5, 5.41) is 0.594. The Kier molecular flexibility index (Phi) is 4.14. The molecule has 1 spiro atoms. The summed E-state index contributed by atoms with van der Waals surface area (Å²) >= 11 is 7.89. The molecule has 0 unspecified atom stereocenters. The first-order valence-corrected chi connectivity index (χ1v) is 9.25. The number of nitrogens with zero attached hydrogens (tertiary/aromatic N) is 2. The molecule has 3 heterocycles. The van der Waals surface area contributed by atoms with Gasteiger partial charge in [0.25, 0.3) is 5.91 Å². The van der Waals surface area contributed by atoms with Crippen molar-refractivity contribution in [2.75, 3.05) is 18.8 Å². The Hall–Kier alpha value is -1.72. The van der Waals surface area contributed by atoms with E-state index in [1.807, 2.05) is 40.9 Å². The average molecular weight is 361 g/mol. The van der Waals surface area contributed by atoms with Crippen LogP contribution < -0.4 is 4.74 Å². The molecular formula is C18H17ClN2O2S. The average Bonchev–Trinajstić information content (AvgIpc) is 2.98. The number of pyridine rings is 1. The van der Waals surface area contributed by atoms with Crippen LogP contribution in [0.2, 0.25) is 5.02 Å². The predicted octanol–water partition coefficient (Wildman–Crippen LogP) is 3.51. The fourth-order valence-electron chi connectivity index (χ4n) is 3.30. The Labute approximate surface area is 150 Å². The van der Waals surface area contributed by atoms with Gasteiger partial charge < -0.3 is 9.64 Å². The quantitative estimate of drug-likeness (QED) is 0.840. The second kappa shape index (κ2) is 6.30. The van der Waals surface area contributed by atoms with Gasteiger partial charge in [0.15, 0.2) is 0 Å². The highest BCUT2D eigenvalue weighted by Gasteiger charge is 2.51. The molecule has 2 fully saturated rings. The number of hydrogen-bond donors (Lipinski definition) is 0. The van der Waals surface area contributed by atoms with Crippen LogP contribution in [0.5, 0.6) is 5.75 Å². The molecule has 1 amide bonds. The van der Waals surface area contributed by atoms with Crippen molar-refractivity contribution >= 4 is 29.3 Å². The second-order valence-corrected chi connectivity index (χ2v) is 8.22. The number of hydrogen-bond acceptors (Lipinski definition) is 4. The number of thioether (sulfide) groups is 1. The van der Waals surface area contributed by atoms with E-state index in [1.165, 1.54) is 0 Å². The lowest BCUT2D eigenvalue weighted by Gasteiger charge is -2.47. The zero-order chi connectivity index (χ0) is 16.6. The van der Waals surface area contributed by atoms with E-state index in [-0.39, 0.29) is 16.8 Å². The molecule has 2 saturated heterocycles. The Morgan fingerprint density at radius 1 is 1.33 bits per heavy atom. The highest BCUT2D eigenvalue weighted by atomic mass is 35.5. The maximum Gasteiger partial charge on any atom is 0.254 e. The number of halogens is 1. The van der Waals surface area contributed by atoms with Crippen LogP contribution in [-0.4, -0.2) is 45.5 Å². The summed E-state index contributed by atoms with van der Waals surface area (Å²) in [6.07, 6.45) is 4.63. The zero-order valence-electron chi connectivity index (χ0n) is 13.0. The zero-order valence-corrected chi connectivity index (χ0v) is 14.6. The van der Waals surface area contributed by atoms with Gasteiger partial charge in [0.1, 0.15) is 11.9 Å². The SMILES string of the molecule is O=C(c1cccc(Cl)c1)N1CC2(C[C@@H](Oc3cccnc3)CS2)C1. The van der Waals surface area contributed by atoms with Crippen LogP contribution in [0.1, 0.15) is 16.8 Å². The maximum absolute atomic E-state index is 12.5. The minimum atomic E-state index is 0.0559. The summed E-state index contributed by atoms with van der Waals surface area (Å²) in [4.78, 5) is 18.5. The Bertz CT molecular complexity index is 750. The molecule has 1 aromatic carbocycles. The highest BCUT2D eigenvalue weighted by Crippen LogP contribution is 2.46. The lowest BCUT2D eigenvalue weighted by molar-refractivity contribution is 0.0518. The van der Waals surface area contributed by atoms with Crippen LogP contribution in [-0.2, 0) is 0 Å². The number of carbonyl (C=O) groups is 1. The highest BCUT2D eigenvalue weighted by molar-refractivity contribution is 8.01. The van der Waals surface area contributed by atoms with E-state index in [1.54, 1.807) is 24.5 Å². The molecule has 0 N–H and O–H groups in total. The topological polar surface area (TPSA) is 42.4 Å². The molecule has 24 heavy (non-hydrogen) atoms. The van der Waals surface area contributed by atoms with Crippen molar-refractivity contribution in [2.24, 2.45) is 0 Å². The predicted molar refractivity (Wildman–Crippen MR) is 95.8 cm³/mol. The van der Waals surface area contributed by atoms with Gasteiger partial charge in [0, 0.05) is 42.0 Å². The molecule has 0 radical (unpaired) electrons. The van der Waals surface area contributed by atoms with Gasteiger partial charge >= 0.3 is 0 Å². The summed E-state index contributed by atoms with van der Waals surface area (Å²) in [6, 6.07) is 10.9. The van der Waals surface area contributed by atoms with Gasteiger partial charge in [-0.1, -0.05) is 17.7 Å². The van der Waals surface area contributed by atoms with Crippen molar-refractivity contribution in [3.8, 4) is 5.75 Å². The third-order valence-corrected chi connectivity index (χ3v) is 6.24. The molecule has 0 bridgehead atoms.